The lowest BCUT2D eigenvalue weighted by Gasteiger charge is -2.11. The summed E-state index contributed by atoms with van der Waals surface area (Å²) in [5.41, 5.74) is 14.5. The first-order valence-corrected chi connectivity index (χ1v) is 24.1. The molecule has 0 radical (unpaired) electrons. The van der Waals surface area contributed by atoms with Crippen LogP contribution in [0, 0.1) is 0 Å². The van der Waals surface area contributed by atoms with Crippen LogP contribution >= 0.6 is 11.3 Å². The van der Waals surface area contributed by atoms with E-state index in [2.05, 4.69) is 221 Å². The molecule has 0 aliphatic rings. The lowest BCUT2D eigenvalue weighted by Crippen LogP contribution is -2.00. The molecule has 69 heavy (non-hydrogen) atoms. The van der Waals surface area contributed by atoms with Crippen LogP contribution in [0.25, 0.3) is 132 Å². The van der Waals surface area contributed by atoms with E-state index in [1.165, 1.54) is 75.0 Å². The molecule has 6 heteroatoms. The Morgan fingerprint density at radius 3 is 1.17 bits per heavy atom. The molecule has 14 aromatic rings. The number of hydrogen-bond acceptors (Lipinski definition) is 4. The molecular weight excluding hydrogens is 859 g/mol. The van der Waals surface area contributed by atoms with E-state index in [1.807, 2.05) is 35.6 Å². The van der Waals surface area contributed by atoms with Gasteiger partial charge in [0.2, 0.25) is 0 Å². The molecule has 0 N–H and O–H groups in total. The van der Waals surface area contributed by atoms with Gasteiger partial charge in [-0.05, 0) is 70.8 Å². The van der Waals surface area contributed by atoms with Crippen LogP contribution < -0.4 is 0 Å². The predicted molar refractivity (Wildman–Crippen MR) is 289 cm³/mol. The highest BCUT2D eigenvalue weighted by Gasteiger charge is 2.22. The van der Waals surface area contributed by atoms with Crippen LogP contribution in [-0.4, -0.2) is 24.1 Å². The standard InChI is InChI=1S/C63H39N5S/c1-4-15-40(16-5-1)42-27-29-44(30-28-42)62-64-61(43-19-8-3-9-20-43)65-63(66-62)45-31-33-47(34-32-45)67-55-25-12-10-23-49(55)51-35-37-53-54-38-36-52-50-24-11-13-26-56(50)68(58(52)60(54)69-59(53)57(51)67)48-22-14-21-46(39-48)41-17-6-2-7-18-41/h1-39H. The Hall–Kier alpha value is -8.97. The predicted octanol–water partition coefficient (Wildman–Crippen LogP) is 16.8. The fraction of sp³-hybridized carbons (Fsp3) is 0. The van der Waals surface area contributed by atoms with Crippen LogP contribution in [0.5, 0.6) is 0 Å². The van der Waals surface area contributed by atoms with Gasteiger partial charge in [-0.15, -0.1) is 11.3 Å². The van der Waals surface area contributed by atoms with Gasteiger partial charge in [0.15, 0.2) is 17.5 Å². The van der Waals surface area contributed by atoms with Crippen LogP contribution in [0.1, 0.15) is 0 Å². The van der Waals surface area contributed by atoms with Gasteiger partial charge in [0.1, 0.15) is 0 Å². The SMILES string of the molecule is c1ccc(-c2ccc(-c3nc(-c4ccccc4)nc(-c4ccc(-n5c6ccccc6c6ccc7c8ccc9c%10ccccc%10n(-c%10cccc(-c%11ccccc%11)c%10)c9c8sc7c65)cc4)n3)cc2)cc1. The summed E-state index contributed by atoms with van der Waals surface area (Å²) in [6, 6.07) is 84.4. The highest BCUT2D eigenvalue weighted by atomic mass is 32.1. The van der Waals surface area contributed by atoms with E-state index in [4.69, 9.17) is 15.0 Å². The zero-order valence-electron chi connectivity index (χ0n) is 37.2. The number of rotatable bonds is 7. The second-order valence-electron chi connectivity index (χ2n) is 17.6. The molecule has 0 fully saturated rings. The normalized spacial score (nSPS) is 11.8. The average Bonchev–Trinajstić information content (AvgIpc) is 4.10. The molecule has 0 spiro atoms. The van der Waals surface area contributed by atoms with E-state index in [0.717, 1.165) is 39.1 Å². The van der Waals surface area contributed by atoms with Gasteiger partial charge in [0.25, 0.3) is 0 Å². The van der Waals surface area contributed by atoms with Crippen molar-refractivity contribution in [2.75, 3.05) is 0 Å². The first-order valence-electron chi connectivity index (χ1n) is 23.3. The topological polar surface area (TPSA) is 48.5 Å². The Balaban J connectivity index is 0.938. The van der Waals surface area contributed by atoms with E-state index in [1.54, 1.807) is 0 Å². The Labute approximate surface area is 401 Å². The number of thiophene rings is 1. The van der Waals surface area contributed by atoms with Crippen molar-refractivity contribution < 1.29 is 0 Å². The van der Waals surface area contributed by atoms with Crippen LogP contribution in [0.2, 0.25) is 0 Å². The summed E-state index contributed by atoms with van der Waals surface area (Å²) in [4.78, 5) is 15.2. The molecule has 0 unspecified atom stereocenters. The second kappa shape index (κ2) is 15.8. The zero-order chi connectivity index (χ0) is 45.4. The van der Waals surface area contributed by atoms with Crippen molar-refractivity contribution in [3.05, 3.63) is 237 Å². The Bertz CT molecular complexity index is 4270. The molecule has 10 aromatic carbocycles. The summed E-state index contributed by atoms with van der Waals surface area (Å²) in [5.74, 6) is 1.90. The molecule has 5 nitrogen and oxygen atoms in total. The van der Waals surface area contributed by atoms with Crippen LogP contribution in [0.4, 0.5) is 0 Å². The molecule has 0 aliphatic carbocycles. The molecule has 0 amide bonds. The second-order valence-corrected chi connectivity index (χ2v) is 18.6. The Morgan fingerprint density at radius 1 is 0.261 bits per heavy atom. The summed E-state index contributed by atoms with van der Waals surface area (Å²) < 4.78 is 7.47. The maximum atomic E-state index is 5.12. The molecule has 14 rings (SSSR count). The van der Waals surface area contributed by atoms with Crippen molar-refractivity contribution in [2.24, 2.45) is 0 Å². The lowest BCUT2D eigenvalue weighted by atomic mass is 10.0. The molecule has 0 saturated heterocycles. The van der Waals surface area contributed by atoms with Crippen molar-refractivity contribution in [3.8, 4) is 67.8 Å². The molecule has 0 atom stereocenters. The molecular formula is C63H39N5S. The summed E-state index contributed by atoms with van der Waals surface area (Å²) in [6.07, 6.45) is 0. The molecule has 322 valence electrons. The largest absolute Gasteiger partial charge is 0.308 e. The lowest BCUT2D eigenvalue weighted by molar-refractivity contribution is 1.07. The third-order valence-corrected chi connectivity index (χ3v) is 14.8. The van der Waals surface area contributed by atoms with E-state index in [9.17, 15) is 0 Å². The van der Waals surface area contributed by atoms with Crippen molar-refractivity contribution in [3.63, 3.8) is 0 Å². The number of hydrogen-bond donors (Lipinski definition) is 0. The number of para-hydroxylation sites is 2. The van der Waals surface area contributed by atoms with Crippen molar-refractivity contribution >= 4 is 75.1 Å². The molecule has 0 saturated carbocycles. The maximum absolute atomic E-state index is 5.12. The van der Waals surface area contributed by atoms with Gasteiger partial charge in [0, 0.05) is 60.4 Å². The van der Waals surface area contributed by atoms with Gasteiger partial charge in [-0.25, -0.2) is 15.0 Å². The Morgan fingerprint density at radius 2 is 0.638 bits per heavy atom. The molecule has 4 heterocycles. The van der Waals surface area contributed by atoms with Gasteiger partial charge in [-0.1, -0.05) is 188 Å². The molecule has 0 bridgehead atoms. The number of nitrogens with zero attached hydrogens (tertiary/aromatic N) is 5. The quantitative estimate of drug-likeness (QED) is 0.160. The Kier molecular flexibility index (Phi) is 9.00. The average molecular weight is 898 g/mol. The van der Waals surface area contributed by atoms with Gasteiger partial charge in [-0.2, -0.15) is 0 Å². The maximum Gasteiger partial charge on any atom is 0.164 e. The van der Waals surface area contributed by atoms with Gasteiger partial charge < -0.3 is 9.13 Å². The third kappa shape index (κ3) is 6.41. The zero-order valence-corrected chi connectivity index (χ0v) is 38.0. The first kappa shape index (κ1) is 39.2. The van der Waals surface area contributed by atoms with Crippen molar-refractivity contribution in [1.82, 2.24) is 24.1 Å². The van der Waals surface area contributed by atoms with Gasteiger partial charge >= 0.3 is 0 Å². The number of aromatic nitrogens is 5. The first-order chi connectivity index (χ1) is 34.2. The molecule has 4 aromatic heterocycles. The minimum Gasteiger partial charge on any atom is -0.308 e. The summed E-state index contributed by atoms with van der Waals surface area (Å²) in [6.45, 7) is 0. The fourth-order valence-corrected chi connectivity index (χ4v) is 11.7. The van der Waals surface area contributed by atoms with Crippen LogP contribution in [-0.2, 0) is 0 Å². The van der Waals surface area contributed by atoms with Crippen molar-refractivity contribution in [1.29, 1.82) is 0 Å². The van der Waals surface area contributed by atoms with E-state index in [0.29, 0.717) is 17.5 Å². The van der Waals surface area contributed by atoms with Crippen molar-refractivity contribution in [2.45, 2.75) is 0 Å². The highest BCUT2D eigenvalue weighted by molar-refractivity contribution is 7.27. The molecule has 0 aliphatic heterocycles. The van der Waals surface area contributed by atoms with Crippen LogP contribution in [0.3, 0.4) is 0 Å². The number of fused-ring (bicyclic) bond motifs is 11. The van der Waals surface area contributed by atoms with E-state index < -0.39 is 0 Å². The highest BCUT2D eigenvalue weighted by Crippen LogP contribution is 2.47. The minimum absolute atomic E-state index is 0.625. The smallest absolute Gasteiger partial charge is 0.164 e. The fourth-order valence-electron chi connectivity index (χ4n) is 10.3. The number of benzene rings is 10. The van der Waals surface area contributed by atoms with Crippen LogP contribution in [0.15, 0.2) is 237 Å². The summed E-state index contributed by atoms with van der Waals surface area (Å²) in [5, 5.41) is 7.47. The summed E-state index contributed by atoms with van der Waals surface area (Å²) in [7, 11) is 0. The minimum atomic E-state index is 0.625. The third-order valence-electron chi connectivity index (χ3n) is 13.6. The van der Waals surface area contributed by atoms with E-state index in [-0.39, 0.29) is 0 Å². The monoisotopic (exact) mass is 897 g/mol. The van der Waals surface area contributed by atoms with Gasteiger partial charge in [0.05, 0.1) is 31.5 Å². The van der Waals surface area contributed by atoms with E-state index >= 15 is 0 Å². The van der Waals surface area contributed by atoms with Gasteiger partial charge in [-0.3, -0.25) is 0 Å². The summed E-state index contributed by atoms with van der Waals surface area (Å²) >= 11 is 1.90.